The highest BCUT2D eigenvalue weighted by Crippen LogP contribution is 2.30. The molecule has 130 valence electrons. The molecular formula is C21H18N2O2S. The first-order valence-corrected chi connectivity index (χ1v) is 9.32. The average Bonchev–Trinajstić information content (AvgIpc) is 3.09. The Morgan fingerprint density at radius 2 is 1.96 bits per heavy atom. The molecule has 4 aromatic rings. The molecule has 4 nitrogen and oxygen atoms in total. The number of nitrogens with zero attached hydrogens (tertiary/aromatic N) is 2. The van der Waals surface area contributed by atoms with Gasteiger partial charge in [-0.2, -0.15) is 0 Å². The van der Waals surface area contributed by atoms with Gasteiger partial charge in [0.05, 0.1) is 18.3 Å². The Bertz CT molecular complexity index is 1100. The maximum Gasteiger partial charge on any atom is 0.262 e. The Balaban J connectivity index is 1.60. The van der Waals surface area contributed by atoms with Gasteiger partial charge in [0, 0.05) is 10.9 Å². The molecule has 0 amide bonds. The molecule has 0 saturated carbocycles. The Hall–Kier alpha value is -2.92. The minimum absolute atomic E-state index is 0.0251. The van der Waals surface area contributed by atoms with Crippen LogP contribution in [-0.2, 0) is 6.54 Å². The van der Waals surface area contributed by atoms with Gasteiger partial charge in [0.15, 0.2) is 0 Å². The van der Waals surface area contributed by atoms with Crippen LogP contribution in [0.5, 0.6) is 5.75 Å². The zero-order valence-electron chi connectivity index (χ0n) is 14.4. The van der Waals surface area contributed by atoms with Crippen LogP contribution >= 0.6 is 11.3 Å². The van der Waals surface area contributed by atoms with Gasteiger partial charge in [-0.05, 0) is 30.2 Å². The molecule has 4 rings (SSSR count). The smallest absolute Gasteiger partial charge is 0.262 e. The number of hydrogen-bond donors (Lipinski definition) is 0. The Kier molecular flexibility index (Phi) is 4.54. The molecule has 5 heteroatoms. The van der Waals surface area contributed by atoms with E-state index in [-0.39, 0.29) is 5.56 Å². The number of thiophene rings is 1. The van der Waals surface area contributed by atoms with Crippen molar-refractivity contribution in [2.75, 3.05) is 6.61 Å². The summed E-state index contributed by atoms with van der Waals surface area (Å²) in [4.78, 5) is 18.2. The van der Waals surface area contributed by atoms with E-state index in [0.717, 1.165) is 27.3 Å². The maximum atomic E-state index is 13.0. The molecule has 0 radical (unpaired) electrons. The first kappa shape index (κ1) is 16.5. The topological polar surface area (TPSA) is 44.1 Å². The van der Waals surface area contributed by atoms with Crippen LogP contribution in [0.4, 0.5) is 0 Å². The van der Waals surface area contributed by atoms with Crippen molar-refractivity contribution >= 4 is 21.6 Å². The molecule has 0 atom stereocenters. The Morgan fingerprint density at radius 3 is 2.77 bits per heavy atom. The Morgan fingerprint density at radius 1 is 1.12 bits per heavy atom. The molecule has 0 aliphatic rings. The third kappa shape index (κ3) is 3.26. The van der Waals surface area contributed by atoms with Crippen LogP contribution in [0.1, 0.15) is 5.56 Å². The van der Waals surface area contributed by atoms with Crippen LogP contribution in [0, 0.1) is 6.92 Å². The summed E-state index contributed by atoms with van der Waals surface area (Å²) in [6, 6.07) is 17.8. The summed E-state index contributed by atoms with van der Waals surface area (Å²) in [5.41, 5.74) is 3.10. The van der Waals surface area contributed by atoms with Crippen molar-refractivity contribution < 1.29 is 4.74 Å². The number of hydrogen-bond acceptors (Lipinski definition) is 4. The van der Waals surface area contributed by atoms with E-state index in [1.54, 1.807) is 10.9 Å². The summed E-state index contributed by atoms with van der Waals surface area (Å²) in [5.74, 6) is 0.813. The molecule has 2 heterocycles. The van der Waals surface area contributed by atoms with E-state index in [1.165, 1.54) is 11.3 Å². The molecule has 0 spiro atoms. The van der Waals surface area contributed by atoms with Crippen molar-refractivity contribution in [3.8, 4) is 16.9 Å². The second-order valence-corrected chi connectivity index (χ2v) is 6.96. The van der Waals surface area contributed by atoms with Crippen molar-refractivity contribution in [2.24, 2.45) is 0 Å². The number of fused-ring (bicyclic) bond motifs is 1. The molecule has 0 aliphatic carbocycles. The average molecular weight is 362 g/mol. The lowest BCUT2D eigenvalue weighted by atomic mass is 10.1. The van der Waals surface area contributed by atoms with E-state index in [1.807, 2.05) is 66.9 Å². The monoisotopic (exact) mass is 362 g/mol. The van der Waals surface area contributed by atoms with Gasteiger partial charge in [0.2, 0.25) is 0 Å². The number of ether oxygens (including phenoxy) is 1. The van der Waals surface area contributed by atoms with Crippen molar-refractivity contribution in [2.45, 2.75) is 13.5 Å². The lowest BCUT2D eigenvalue weighted by Crippen LogP contribution is -2.23. The molecule has 0 unspecified atom stereocenters. The molecule has 2 aromatic carbocycles. The van der Waals surface area contributed by atoms with E-state index in [2.05, 4.69) is 4.98 Å². The van der Waals surface area contributed by atoms with E-state index < -0.39 is 0 Å². The zero-order valence-corrected chi connectivity index (χ0v) is 15.2. The van der Waals surface area contributed by atoms with Gasteiger partial charge in [0.1, 0.15) is 17.2 Å². The van der Waals surface area contributed by atoms with Gasteiger partial charge in [-0.1, -0.05) is 42.5 Å². The fourth-order valence-electron chi connectivity index (χ4n) is 2.92. The minimum atomic E-state index is -0.0251. The number of aryl methyl sites for hydroxylation is 1. The van der Waals surface area contributed by atoms with Gasteiger partial charge in [-0.3, -0.25) is 9.36 Å². The first-order valence-electron chi connectivity index (χ1n) is 8.44. The van der Waals surface area contributed by atoms with Crippen molar-refractivity contribution in [1.29, 1.82) is 0 Å². The SMILES string of the molecule is Cc1cccc(OCCn2cnc3scc(-c4ccccc4)c3c2=O)c1. The summed E-state index contributed by atoms with van der Waals surface area (Å²) in [6.07, 6.45) is 1.61. The first-order chi connectivity index (χ1) is 12.7. The highest BCUT2D eigenvalue weighted by molar-refractivity contribution is 7.17. The normalized spacial score (nSPS) is 11.0. The van der Waals surface area contributed by atoms with Gasteiger partial charge >= 0.3 is 0 Å². The third-order valence-electron chi connectivity index (χ3n) is 4.24. The van der Waals surface area contributed by atoms with E-state index in [0.29, 0.717) is 18.5 Å². The minimum Gasteiger partial charge on any atom is -0.492 e. The largest absolute Gasteiger partial charge is 0.492 e. The lowest BCUT2D eigenvalue weighted by Gasteiger charge is -2.09. The fraction of sp³-hybridized carbons (Fsp3) is 0.143. The fourth-order valence-corrected chi connectivity index (χ4v) is 3.83. The molecular weight excluding hydrogens is 344 g/mol. The lowest BCUT2D eigenvalue weighted by molar-refractivity contribution is 0.296. The van der Waals surface area contributed by atoms with E-state index >= 15 is 0 Å². The Labute approximate surface area is 155 Å². The summed E-state index contributed by atoms with van der Waals surface area (Å²) >= 11 is 1.50. The zero-order chi connectivity index (χ0) is 17.9. The van der Waals surface area contributed by atoms with Crippen molar-refractivity contribution in [1.82, 2.24) is 9.55 Å². The maximum absolute atomic E-state index is 13.0. The highest BCUT2D eigenvalue weighted by Gasteiger charge is 2.13. The standard InChI is InChI=1S/C21H18N2O2S/c1-15-6-5-9-17(12-15)25-11-10-23-14-22-20-19(21(23)24)18(13-26-20)16-7-3-2-4-8-16/h2-9,12-14H,10-11H2,1H3. The predicted octanol–water partition coefficient (Wildman–Crippen LogP) is 4.51. The van der Waals surface area contributed by atoms with E-state index in [4.69, 9.17) is 4.74 Å². The second kappa shape index (κ2) is 7.14. The van der Waals surface area contributed by atoms with Crippen molar-refractivity contribution in [3.63, 3.8) is 0 Å². The van der Waals surface area contributed by atoms with Crippen LogP contribution in [-0.4, -0.2) is 16.2 Å². The molecule has 0 aliphatic heterocycles. The van der Waals surface area contributed by atoms with E-state index in [9.17, 15) is 4.79 Å². The quantitative estimate of drug-likeness (QED) is 0.525. The van der Waals surface area contributed by atoms with Gasteiger partial charge in [0.25, 0.3) is 5.56 Å². The van der Waals surface area contributed by atoms with Gasteiger partial charge in [-0.25, -0.2) is 4.98 Å². The van der Waals surface area contributed by atoms with Crippen molar-refractivity contribution in [3.05, 3.63) is 82.2 Å². The molecule has 0 saturated heterocycles. The summed E-state index contributed by atoms with van der Waals surface area (Å²) in [5, 5.41) is 2.68. The van der Waals surface area contributed by atoms with Gasteiger partial charge < -0.3 is 4.74 Å². The highest BCUT2D eigenvalue weighted by atomic mass is 32.1. The summed E-state index contributed by atoms with van der Waals surface area (Å²) in [6.45, 7) is 2.90. The summed E-state index contributed by atoms with van der Waals surface area (Å²) in [7, 11) is 0. The molecule has 0 fully saturated rings. The number of benzene rings is 2. The second-order valence-electron chi connectivity index (χ2n) is 6.10. The summed E-state index contributed by atoms with van der Waals surface area (Å²) < 4.78 is 7.39. The van der Waals surface area contributed by atoms with Crippen LogP contribution < -0.4 is 10.3 Å². The molecule has 0 N–H and O–H groups in total. The van der Waals surface area contributed by atoms with Crippen LogP contribution in [0.2, 0.25) is 0 Å². The van der Waals surface area contributed by atoms with Crippen LogP contribution in [0.15, 0.2) is 71.1 Å². The van der Waals surface area contributed by atoms with Gasteiger partial charge in [-0.15, -0.1) is 11.3 Å². The molecule has 26 heavy (non-hydrogen) atoms. The molecule has 0 bridgehead atoms. The third-order valence-corrected chi connectivity index (χ3v) is 5.12. The van der Waals surface area contributed by atoms with Crippen LogP contribution in [0.3, 0.4) is 0 Å². The molecule has 2 aromatic heterocycles. The predicted molar refractivity (Wildman–Crippen MR) is 106 cm³/mol. The van der Waals surface area contributed by atoms with Crippen LogP contribution in [0.25, 0.3) is 21.3 Å². The number of aromatic nitrogens is 2. The number of rotatable bonds is 5.